The number of aryl methyl sites for hydroxylation is 1. The smallest absolute Gasteiger partial charge is 0.246 e. The minimum Gasteiger partial charge on any atom is -0.369 e. The minimum absolute atomic E-state index is 0.238. The molecule has 0 amide bonds. The quantitative estimate of drug-likeness (QED) is 0.631. The Balaban J connectivity index is 1.41. The molecule has 3 aromatic rings. The first-order valence-electron chi connectivity index (χ1n) is 9.50. The maximum atomic E-state index is 12.9. The molecule has 29 heavy (non-hydrogen) atoms. The number of nitrogens with zero attached hydrogens (tertiary/aromatic N) is 5. The van der Waals surface area contributed by atoms with Gasteiger partial charge in [0.25, 0.3) is 0 Å². The van der Waals surface area contributed by atoms with E-state index in [-0.39, 0.29) is 4.90 Å². The summed E-state index contributed by atoms with van der Waals surface area (Å²) >= 11 is 1.69. The molecule has 1 saturated heterocycles. The van der Waals surface area contributed by atoms with Gasteiger partial charge in [-0.3, -0.25) is 14.6 Å². The Morgan fingerprint density at radius 3 is 2.72 bits per heavy atom. The van der Waals surface area contributed by atoms with Gasteiger partial charge in [-0.1, -0.05) is 0 Å². The molecule has 2 aliphatic rings. The molecule has 0 radical (unpaired) electrons. The minimum atomic E-state index is -3.53. The summed E-state index contributed by atoms with van der Waals surface area (Å²) in [5, 5.41) is 4.00. The second-order valence-electron chi connectivity index (χ2n) is 7.40. The van der Waals surface area contributed by atoms with Crippen molar-refractivity contribution in [1.82, 2.24) is 24.1 Å². The van der Waals surface area contributed by atoms with Crippen molar-refractivity contribution in [2.75, 3.05) is 19.7 Å². The Morgan fingerprint density at radius 1 is 1.21 bits per heavy atom. The van der Waals surface area contributed by atoms with Crippen molar-refractivity contribution >= 4 is 21.4 Å². The lowest BCUT2D eigenvalue weighted by molar-refractivity contribution is -0.0861. The van der Waals surface area contributed by atoms with Gasteiger partial charge in [0.05, 0.1) is 29.6 Å². The van der Waals surface area contributed by atoms with E-state index in [2.05, 4.69) is 21.1 Å². The van der Waals surface area contributed by atoms with Crippen LogP contribution in [0.3, 0.4) is 0 Å². The largest absolute Gasteiger partial charge is 0.369 e. The standard InChI is InChI=1S/C19H21N5O3S2/c1-23-13-15(11-22-23)29(25,26)24-7-3-19(4-8-24)18-14(2-9-27-19)10-17(28-18)16-12-20-5-6-21-16/h5-6,10-13H,2-4,7-9H2,1H3. The van der Waals surface area contributed by atoms with Crippen LogP contribution >= 0.6 is 11.3 Å². The molecule has 152 valence electrons. The molecule has 0 saturated carbocycles. The molecule has 5 heterocycles. The number of rotatable bonds is 3. The summed E-state index contributed by atoms with van der Waals surface area (Å²) in [6.07, 6.45) is 10.2. The van der Waals surface area contributed by atoms with Gasteiger partial charge in [0.2, 0.25) is 10.0 Å². The van der Waals surface area contributed by atoms with Crippen molar-refractivity contribution in [3.05, 3.63) is 47.5 Å². The first kappa shape index (κ1) is 18.9. The summed E-state index contributed by atoms with van der Waals surface area (Å²) in [7, 11) is -1.82. The van der Waals surface area contributed by atoms with E-state index in [0.29, 0.717) is 32.5 Å². The highest BCUT2D eigenvalue weighted by Gasteiger charge is 2.44. The van der Waals surface area contributed by atoms with Crippen molar-refractivity contribution in [2.45, 2.75) is 29.8 Å². The SMILES string of the molecule is Cn1cc(S(=O)(=O)N2CCC3(CC2)OCCc2cc(-c4cnccn4)sc23)cn1. The molecule has 0 aliphatic carbocycles. The maximum Gasteiger partial charge on any atom is 0.246 e. The van der Waals surface area contributed by atoms with Crippen LogP contribution < -0.4 is 0 Å². The number of ether oxygens (including phenoxy) is 1. The Morgan fingerprint density at radius 2 is 2.03 bits per heavy atom. The molecule has 0 bridgehead atoms. The van der Waals surface area contributed by atoms with E-state index in [1.807, 2.05) is 0 Å². The Kier molecular flexibility index (Phi) is 4.54. The van der Waals surface area contributed by atoms with Crippen molar-refractivity contribution in [1.29, 1.82) is 0 Å². The maximum absolute atomic E-state index is 12.9. The molecular weight excluding hydrogens is 410 g/mol. The van der Waals surface area contributed by atoms with Gasteiger partial charge in [0.15, 0.2) is 0 Å². The summed E-state index contributed by atoms with van der Waals surface area (Å²) in [4.78, 5) is 11.1. The summed E-state index contributed by atoms with van der Waals surface area (Å²) in [6.45, 7) is 1.50. The summed E-state index contributed by atoms with van der Waals surface area (Å²) < 4.78 is 35.2. The monoisotopic (exact) mass is 431 g/mol. The van der Waals surface area contributed by atoms with E-state index in [0.717, 1.165) is 17.0 Å². The fourth-order valence-corrected chi connectivity index (χ4v) is 6.91. The topological polar surface area (TPSA) is 90.2 Å². The molecular formula is C19H21N5O3S2. The van der Waals surface area contributed by atoms with Gasteiger partial charge in [0, 0.05) is 43.6 Å². The number of hydrogen-bond donors (Lipinski definition) is 0. The fourth-order valence-electron chi connectivity index (χ4n) is 4.11. The van der Waals surface area contributed by atoms with Crippen LogP contribution in [0.5, 0.6) is 0 Å². The Labute approximate surface area is 173 Å². The zero-order valence-corrected chi connectivity index (χ0v) is 17.6. The van der Waals surface area contributed by atoms with E-state index in [1.165, 1.54) is 21.3 Å². The van der Waals surface area contributed by atoms with Crippen LogP contribution in [-0.2, 0) is 33.8 Å². The third-order valence-corrected chi connectivity index (χ3v) is 8.87. The van der Waals surface area contributed by atoms with Crippen LogP contribution in [0, 0.1) is 0 Å². The highest BCUT2D eigenvalue weighted by atomic mass is 32.2. The molecule has 3 aromatic heterocycles. The third-order valence-electron chi connectivity index (χ3n) is 5.64. The average molecular weight is 432 g/mol. The normalized spacial score (nSPS) is 19.3. The van der Waals surface area contributed by atoms with Gasteiger partial charge in [-0.05, 0) is 30.9 Å². The van der Waals surface area contributed by atoms with E-state index in [1.54, 1.807) is 47.5 Å². The average Bonchev–Trinajstić information content (AvgIpc) is 3.37. The Hall–Kier alpha value is -2.14. The second kappa shape index (κ2) is 6.98. The first-order chi connectivity index (χ1) is 14.0. The molecule has 0 aromatic carbocycles. The van der Waals surface area contributed by atoms with Gasteiger partial charge in [-0.25, -0.2) is 8.42 Å². The highest BCUT2D eigenvalue weighted by Crippen LogP contribution is 2.47. The Bertz CT molecular complexity index is 1130. The molecule has 10 heteroatoms. The molecule has 0 unspecified atom stereocenters. The lowest BCUT2D eigenvalue weighted by Gasteiger charge is -2.43. The predicted octanol–water partition coefficient (Wildman–Crippen LogP) is 2.19. The van der Waals surface area contributed by atoms with Crippen molar-refractivity contribution in [3.8, 4) is 10.6 Å². The van der Waals surface area contributed by atoms with E-state index < -0.39 is 15.6 Å². The number of piperidine rings is 1. The molecule has 5 rings (SSSR count). The molecule has 1 fully saturated rings. The van der Waals surface area contributed by atoms with Crippen LogP contribution in [0.1, 0.15) is 23.3 Å². The summed E-state index contributed by atoms with van der Waals surface area (Å²) in [5.41, 5.74) is 1.73. The predicted molar refractivity (Wildman–Crippen MR) is 108 cm³/mol. The second-order valence-corrected chi connectivity index (χ2v) is 10.4. The summed E-state index contributed by atoms with van der Waals surface area (Å²) in [5.74, 6) is 0. The lowest BCUT2D eigenvalue weighted by Crippen LogP contribution is -2.47. The van der Waals surface area contributed by atoms with E-state index in [4.69, 9.17) is 4.74 Å². The fraction of sp³-hybridized carbons (Fsp3) is 0.421. The van der Waals surface area contributed by atoms with Crippen molar-refractivity contribution < 1.29 is 13.2 Å². The van der Waals surface area contributed by atoms with Crippen LogP contribution in [0.15, 0.2) is 41.9 Å². The number of aromatic nitrogens is 4. The lowest BCUT2D eigenvalue weighted by atomic mass is 9.86. The van der Waals surface area contributed by atoms with Crippen LogP contribution in [-0.4, -0.2) is 52.2 Å². The molecule has 0 atom stereocenters. The zero-order chi connectivity index (χ0) is 20.1. The number of hydrogen-bond acceptors (Lipinski definition) is 7. The van der Waals surface area contributed by atoms with Gasteiger partial charge in [-0.2, -0.15) is 9.40 Å². The van der Waals surface area contributed by atoms with Crippen molar-refractivity contribution in [2.24, 2.45) is 7.05 Å². The van der Waals surface area contributed by atoms with Crippen LogP contribution in [0.2, 0.25) is 0 Å². The van der Waals surface area contributed by atoms with Crippen molar-refractivity contribution in [3.63, 3.8) is 0 Å². The third kappa shape index (κ3) is 3.20. The van der Waals surface area contributed by atoms with Gasteiger partial charge in [0.1, 0.15) is 10.5 Å². The van der Waals surface area contributed by atoms with Crippen LogP contribution in [0.25, 0.3) is 10.6 Å². The highest BCUT2D eigenvalue weighted by molar-refractivity contribution is 7.89. The van der Waals surface area contributed by atoms with E-state index >= 15 is 0 Å². The number of fused-ring (bicyclic) bond motifs is 2. The van der Waals surface area contributed by atoms with Gasteiger partial charge < -0.3 is 4.74 Å². The van der Waals surface area contributed by atoms with Crippen LogP contribution in [0.4, 0.5) is 0 Å². The van der Waals surface area contributed by atoms with Gasteiger partial charge >= 0.3 is 0 Å². The first-order valence-corrected chi connectivity index (χ1v) is 11.8. The summed E-state index contributed by atoms with van der Waals surface area (Å²) in [6, 6.07) is 2.19. The van der Waals surface area contributed by atoms with E-state index in [9.17, 15) is 8.42 Å². The number of sulfonamides is 1. The molecule has 0 N–H and O–H groups in total. The molecule has 2 aliphatic heterocycles. The zero-order valence-electron chi connectivity index (χ0n) is 16.0. The van der Waals surface area contributed by atoms with Gasteiger partial charge in [-0.15, -0.1) is 11.3 Å². The number of thiophene rings is 1. The molecule has 8 nitrogen and oxygen atoms in total. The molecule has 1 spiro atoms.